The van der Waals surface area contributed by atoms with Gasteiger partial charge in [0.05, 0.1) is 0 Å². The van der Waals surface area contributed by atoms with E-state index in [0.717, 1.165) is 0 Å². The van der Waals surface area contributed by atoms with Gasteiger partial charge in [0.25, 0.3) is 0 Å². The van der Waals surface area contributed by atoms with Gasteiger partial charge >= 0.3 is 6.18 Å². The first-order valence-corrected chi connectivity index (χ1v) is 5.94. The van der Waals surface area contributed by atoms with Crippen molar-refractivity contribution >= 4 is 11.8 Å². The lowest BCUT2D eigenvalue weighted by atomic mass is 10.2. The Kier molecular flexibility index (Phi) is 7.38. The molecule has 0 saturated heterocycles. The van der Waals surface area contributed by atoms with Crippen molar-refractivity contribution in [1.82, 2.24) is 10.6 Å². The second kappa shape index (κ2) is 7.94. The first-order chi connectivity index (χ1) is 8.31. The van der Waals surface area contributed by atoms with Crippen LogP contribution in [-0.2, 0) is 9.59 Å². The van der Waals surface area contributed by atoms with Gasteiger partial charge in [-0.25, -0.2) is 0 Å². The Labute approximate surface area is 104 Å². The fraction of sp³-hybridized carbons (Fsp3) is 0.818. The quantitative estimate of drug-likeness (QED) is 0.739. The summed E-state index contributed by atoms with van der Waals surface area (Å²) in [6, 6.07) is -2.03. The highest BCUT2D eigenvalue weighted by Crippen LogP contribution is 2.19. The van der Waals surface area contributed by atoms with Gasteiger partial charge in [-0.3, -0.25) is 9.59 Å². The van der Waals surface area contributed by atoms with Crippen LogP contribution in [0.1, 0.15) is 39.5 Å². The molecule has 0 spiro atoms. The molecule has 0 aromatic rings. The van der Waals surface area contributed by atoms with E-state index in [1.807, 2.05) is 5.32 Å². The summed E-state index contributed by atoms with van der Waals surface area (Å²) in [7, 11) is 0. The number of hydrogen-bond donors (Lipinski definition) is 2. The molecule has 0 heterocycles. The normalized spacial score (nSPS) is 12.9. The molecule has 0 fully saturated rings. The number of amides is 2. The largest absolute Gasteiger partial charge is 0.410 e. The molecule has 0 saturated carbocycles. The minimum absolute atomic E-state index is 0.0372. The zero-order chi connectivity index (χ0) is 14.2. The molecule has 7 heteroatoms. The molecule has 1 atom stereocenters. The summed E-state index contributed by atoms with van der Waals surface area (Å²) in [5.74, 6) is -1.11. The lowest BCUT2D eigenvalue weighted by Crippen LogP contribution is -2.52. The summed E-state index contributed by atoms with van der Waals surface area (Å²) >= 11 is 0. The average molecular weight is 268 g/mol. The summed E-state index contributed by atoms with van der Waals surface area (Å²) in [5.41, 5.74) is 0. The molecule has 2 amide bonds. The van der Waals surface area contributed by atoms with Crippen LogP contribution < -0.4 is 10.6 Å². The van der Waals surface area contributed by atoms with Gasteiger partial charge in [-0.15, -0.1) is 0 Å². The molecule has 18 heavy (non-hydrogen) atoms. The maximum atomic E-state index is 12.6. The molecular weight excluding hydrogens is 249 g/mol. The summed E-state index contributed by atoms with van der Waals surface area (Å²) in [4.78, 5) is 22.2. The number of carbonyl (C=O) groups is 2. The van der Waals surface area contributed by atoms with E-state index in [0.29, 0.717) is 12.8 Å². The van der Waals surface area contributed by atoms with Crippen molar-refractivity contribution < 1.29 is 22.8 Å². The Hall–Kier alpha value is -1.27. The Morgan fingerprint density at radius 3 is 2.00 bits per heavy atom. The Bertz CT molecular complexity index is 280. The van der Waals surface area contributed by atoms with Crippen molar-refractivity contribution in [1.29, 1.82) is 0 Å². The predicted octanol–water partition coefficient (Wildman–Crippen LogP) is 1.75. The maximum Gasteiger partial charge on any atom is 0.410 e. The molecule has 0 aliphatic rings. The standard InChI is InChI=1S/C11H19F3N2O2/c1-3-5-9(17)15-7-8(11(12,13)14)16-10(18)6-4-2/h8H,3-7H2,1-2H3,(H,15,17)(H,16,18). The van der Waals surface area contributed by atoms with Crippen LogP contribution in [0.25, 0.3) is 0 Å². The SMILES string of the molecule is CCCC(=O)NCC(NC(=O)CCC)C(F)(F)F. The van der Waals surface area contributed by atoms with Crippen molar-refractivity contribution in [3.8, 4) is 0 Å². The third-order valence-electron chi connectivity index (χ3n) is 2.19. The van der Waals surface area contributed by atoms with Crippen molar-refractivity contribution in [2.24, 2.45) is 0 Å². The van der Waals surface area contributed by atoms with Crippen LogP contribution in [0.5, 0.6) is 0 Å². The van der Waals surface area contributed by atoms with E-state index in [1.54, 1.807) is 13.8 Å². The van der Waals surface area contributed by atoms with Gasteiger partial charge < -0.3 is 10.6 Å². The van der Waals surface area contributed by atoms with Gasteiger partial charge in [0.15, 0.2) is 0 Å². The predicted molar refractivity (Wildman–Crippen MR) is 60.8 cm³/mol. The van der Waals surface area contributed by atoms with Gasteiger partial charge in [0.2, 0.25) is 11.8 Å². The average Bonchev–Trinajstić information content (AvgIpc) is 2.23. The van der Waals surface area contributed by atoms with E-state index in [9.17, 15) is 22.8 Å². The number of nitrogens with one attached hydrogen (secondary N) is 2. The van der Waals surface area contributed by atoms with Crippen LogP contribution in [-0.4, -0.2) is 30.6 Å². The number of carbonyl (C=O) groups excluding carboxylic acids is 2. The third kappa shape index (κ3) is 7.13. The molecule has 4 nitrogen and oxygen atoms in total. The van der Waals surface area contributed by atoms with Gasteiger partial charge in [-0.2, -0.15) is 13.2 Å². The maximum absolute atomic E-state index is 12.6. The molecular formula is C11H19F3N2O2. The number of halogens is 3. The summed E-state index contributed by atoms with van der Waals surface area (Å²) in [6.45, 7) is 2.83. The van der Waals surface area contributed by atoms with Crippen molar-refractivity contribution in [3.05, 3.63) is 0 Å². The van der Waals surface area contributed by atoms with E-state index in [2.05, 4.69) is 5.32 Å². The molecule has 2 N–H and O–H groups in total. The van der Waals surface area contributed by atoms with Crippen LogP contribution in [0.2, 0.25) is 0 Å². The third-order valence-corrected chi connectivity index (χ3v) is 2.19. The summed E-state index contributed by atoms with van der Waals surface area (Å²) in [6.07, 6.45) is -3.32. The van der Waals surface area contributed by atoms with Gasteiger partial charge in [-0.1, -0.05) is 13.8 Å². The molecule has 0 aromatic heterocycles. The van der Waals surface area contributed by atoms with Crippen LogP contribution in [0.4, 0.5) is 13.2 Å². The molecule has 0 rings (SSSR count). The minimum Gasteiger partial charge on any atom is -0.354 e. The van der Waals surface area contributed by atoms with E-state index in [1.165, 1.54) is 0 Å². The van der Waals surface area contributed by atoms with Gasteiger partial charge in [0, 0.05) is 19.4 Å². The number of rotatable bonds is 7. The topological polar surface area (TPSA) is 58.2 Å². The summed E-state index contributed by atoms with van der Waals surface area (Å²) < 4.78 is 37.8. The van der Waals surface area contributed by atoms with Crippen molar-refractivity contribution in [3.63, 3.8) is 0 Å². The molecule has 1 unspecified atom stereocenters. The minimum atomic E-state index is -4.57. The lowest BCUT2D eigenvalue weighted by molar-refractivity contribution is -0.161. The lowest BCUT2D eigenvalue weighted by Gasteiger charge is -2.22. The second-order valence-electron chi connectivity index (χ2n) is 3.97. The first-order valence-electron chi connectivity index (χ1n) is 5.94. The monoisotopic (exact) mass is 268 g/mol. The highest BCUT2D eigenvalue weighted by atomic mass is 19.4. The van der Waals surface area contributed by atoms with E-state index >= 15 is 0 Å². The summed E-state index contributed by atoms with van der Waals surface area (Å²) in [5, 5.41) is 4.04. The van der Waals surface area contributed by atoms with E-state index < -0.39 is 30.6 Å². The van der Waals surface area contributed by atoms with Crippen LogP contribution in [0.3, 0.4) is 0 Å². The number of alkyl halides is 3. The second-order valence-corrected chi connectivity index (χ2v) is 3.97. The fourth-order valence-electron chi connectivity index (χ4n) is 1.27. The Morgan fingerprint density at radius 1 is 1.06 bits per heavy atom. The molecule has 0 aliphatic heterocycles. The van der Waals surface area contributed by atoms with Crippen LogP contribution in [0, 0.1) is 0 Å². The molecule has 0 radical (unpaired) electrons. The zero-order valence-electron chi connectivity index (χ0n) is 10.6. The van der Waals surface area contributed by atoms with Gasteiger partial charge in [-0.05, 0) is 12.8 Å². The Morgan fingerprint density at radius 2 is 1.56 bits per heavy atom. The van der Waals surface area contributed by atoms with Crippen LogP contribution >= 0.6 is 0 Å². The highest BCUT2D eigenvalue weighted by molar-refractivity contribution is 5.77. The molecule has 0 aromatic carbocycles. The number of hydrogen-bond acceptors (Lipinski definition) is 2. The zero-order valence-corrected chi connectivity index (χ0v) is 10.6. The Balaban J connectivity index is 4.33. The molecule has 0 bridgehead atoms. The van der Waals surface area contributed by atoms with Crippen molar-refractivity contribution in [2.75, 3.05) is 6.54 Å². The first kappa shape index (κ1) is 16.7. The van der Waals surface area contributed by atoms with Crippen molar-refractivity contribution in [2.45, 2.75) is 51.7 Å². The highest BCUT2D eigenvalue weighted by Gasteiger charge is 2.40. The van der Waals surface area contributed by atoms with E-state index in [4.69, 9.17) is 0 Å². The smallest absolute Gasteiger partial charge is 0.354 e. The van der Waals surface area contributed by atoms with Gasteiger partial charge in [0.1, 0.15) is 6.04 Å². The fourth-order valence-corrected chi connectivity index (χ4v) is 1.27. The van der Waals surface area contributed by atoms with E-state index in [-0.39, 0.29) is 12.8 Å². The van der Waals surface area contributed by atoms with Crippen LogP contribution in [0.15, 0.2) is 0 Å². The molecule has 0 aliphatic carbocycles. The molecule has 106 valence electrons.